The Labute approximate surface area is 194 Å². The predicted molar refractivity (Wildman–Crippen MR) is 120 cm³/mol. The second-order valence-corrected chi connectivity index (χ2v) is 7.25. The van der Waals surface area contributed by atoms with E-state index in [9.17, 15) is 18.0 Å². The van der Waals surface area contributed by atoms with Crippen LogP contribution in [0.5, 0.6) is 5.75 Å². The molecule has 1 amide bonds. The zero-order valence-corrected chi connectivity index (χ0v) is 18.1. The number of nitrogens with two attached hydrogens (primary N) is 1. The van der Waals surface area contributed by atoms with Gasteiger partial charge in [-0.3, -0.25) is 9.78 Å². The van der Waals surface area contributed by atoms with Gasteiger partial charge in [0.2, 0.25) is 0 Å². The van der Waals surface area contributed by atoms with Gasteiger partial charge < -0.3 is 21.1 Å². The van der Waals surface area contributed by atoms with Crippen LogP contribution in [0.2, 0.25) is 0 Å². The van der Waals surface area contributed by atoms with Crippen LogP contribution in [-0.2, 0) is 0 Å². The van der Waals surface area contributed by atoms with Crippen LogP contribution in [0.4, 0.5) is 24.5 Å². The lowest BCUT2D eigenvalue weighted by molar-refractivity contribution is 0.102. The van der Waals surface area contributed by atoms with Gasteiger partial charge in [-0.1, -0.05) is 6.07 Å². The molecule has 1 aliphatic rings. The topological polar surface area (TPSA) is 102 Å². The van der Waals surface area contributed by atoms with Crippen molar-refractivity contribution < 1.29 is 22.7 Å². The smallest absolute Gasteiger partial charge is 0.276 e. The standard InChI is InChI=1S/C22H20F3N5O2.ClH/c23-13-2-1-3-14(24)19(13)20-15(25)10-16(26)21(30-20)22(31)29-17-11-28-9-6-18(17)32-12-4-7-27-8-5-12;/h1-3,6,9-12,27H,4-5,7-8,26H2,(H,29,31);1H. The highest BCUT2D eigenvalue weighted by atomic mass is 35.5. The Kier molecular flexibility index (Phi) is 7.72. The lowest BCUT2D eigenvalue weighted by atomic mass is 10.1. The summed E-state index contributed by atoms with van der Waals surface area (Å²) in [7, 11) is 0. The van der Waals surface area contributed by atoms with Crippen molar-refractivity contribution in [2.45, 2.75) is 18.9 Å². The molecule has 0 unspecified atom stereocenters. The number of anilines is 2. The van der Waals surface area contributed by atoms with E-state index >= 15 is 0 Å². The fraction of sp³-hybridized carbons (Fsp3) is 0.227. The normalized spacial score (nSPS) is 13.8. The van der Waals surface area contributed by atoms with Gasteiger partial charge in [0, 0.05) is 18.3 Å². The van der Waals surface area contributed by atoms with Crippen LogP contribution in [0.15, 0.2) is 42.7 Å². The van der Waals surface area contributed by atoms with Gasteiger partial charge in [-0.2, -0.15) is 0 Å². The van der Waals surface area contributed by atoms with Crippen LogP contribution in [0, 0.1) is 17.5 Å². The molecule has 3 aromatic rings. The van der Waals surface area contributed by atoms with Gasteiger partial charge in [-0.05, 0) is 38.1 Å². The van der Waals surface area contributed by atoms with Crippen molar-refractivity contribution in [1.82, 2.24) is 15.3 Å². The number of carbonyl (C=O) groups excluding carboxylic acids is 1. The fourth-order valence-electron chi connectivity index (χ4n) is 3.44. The maximum Gasteiger partial charge on any atom is 0.276 e. The zero-order valence-electron chi connectivity index (χ0n) is 17.3. The quantitative estimate of drug-likeness (QED) is 0.512. The Morgan fingerprint density at radius 3 is 2.52 bits per heavy atom. The average Bonchev–Trinajstić information content (AvgIpc) is 2.77. The molecule has 1 aliphatic heterocycles. The van der Waals surface area contributed by atoms with Gasteiger partial charge in [0.25, 0.3) is 5.91 Å². The first kappa shape index (κ1) is 24.3. The highest BCUT2D eigenvalue weighted by Crippen LogP contribution is 2.30. The Hall–Kier alpha value is -3.37. The maximum absolute atomic E-state index is 14.4. The van der Waals surface area contributed by atoms with Gasteiger partial charge in [-0.15, -0.1) is 12.4 Å². The van der Waals surface area contributed by atoms with Crippen LogP contribution in [-0.4, -0.2) is 35.1 Å². The molecule has 3 heterocycles. The Morgan fingerprint density at radius 1 is 1.12 bits per heavy atom. The minimum atomic E-state index is -1.06. The molecule has 0 aliphatic carbocycles. The van der Waals surface area contributed by atoms with E-state index < -0.39 is 34.6 Å². The first-order valence-electron chi connectivity index (χ1n) is 9.97. The molecule has 1 fully saturated rings. The first-order chi connectivity index (χ1) is 15.4. The first-order valence-corrected chi connectivity index (χ1v) is 9.97. The number of nitrogens with one attached hydrogen (secondary N) is 2. The molecule has 1 saturated heterocycles. The van der Waals surface area contributed by atoms with Crippen molar-refractivity contribution in [2.24, 2.45) is 0 Å². The molecule has 0 atom stereocenters. The van der Waals surface area contributed by atoms with Crippen LogP contribution in [0.25, 0.3) is 11.3 Å². The Bertz CT molecular complexity index is 1140. The third-order valence-electron chi connectivity index (χ3n) is 5.03. The number of rotatable bonds is 5. The summed E-state index contributed by atoms with van der Waals surface area (Å²) in [6, 6.07) is 5.49. The molecule has 33 heavy (non-hydrogen) atoms. The third kappa shape index (κ3) is 5.35. The van der Waals surface area contributed by atoms with Gasteiger partial charge in [-0.25, -0.2) is 18.2 Å². The number of hydrogen-bond acceptors (Lipinski definition) is 6. The van der Waals surface area contributed by atoms with Crippen molar-refractivity contribution in [3.8, 4) is 17.0 Å². The van der Waals surface area contributed by atoms with Gasteiger partial charge >= 0.3 is 0 Å². The molecule has 0 spiro atoms. The number of nitrogens with zero attached hydrogens (tertiary/aromatic N) is 2. The Morgan fingerprint density at radius 2 is 1.82 bits per heavy atom. The Balaban J connectivity index is 0.00000306. The number of carbonyl (C=O) groups is 1. The number of halogens is 4. The number of ether oxygens (including phenoxy) is 1. The van der Waals surface area contributed by atoms with E-state index in [0.717, 1.165) is 50.2 Å². The fourth-order valence-corrected chi connectivity index (χ4v) is 3.44. The molecule has 174 valence electrons. The molecule has 4 rings (SSSR count). The van der Waals surface area contributed by atoms with E-state index in [2.05, 4.69) is 20.6 Å². The van der Waals surface area contributed by atoms with Crippen LogP contribution in [0.1, 0.15) is 23.3 Å². The van der Waals surface area contributed by atoms with Crippen molar-refractivity contribution in [3.05, 3.63) is 65.9 Å². The highest BCUT2D eigenvalue weighted by Gasteiger charge is 2.23. The number of nitrogen functional groups attached to an aromatic ring is 1. The molecule has 2 aromatic heterocycles. The number of pyridine rings is 2. The summed E-state index contributed by atoms with van der Waals surface area (Å²) in [5.74, 6) is -3.49. The average molecular weight is 480 g/mol. The number of hydrogen-bond donors (Lipinski definition) is 3. The van der Waals surface area contributed by atoms with Crippen molar-refractivity contribution in [2.75, 3.05) is 24.1 Å². The van der Waals surface area contributed by atoms with E-state index in [-0.39, 0.29) is 35.6 Å². The van der Waals surface area contributed by atoms with Crippen LogP contribution < -0.4 is 21.1 Å². The molecule has 0 radical (unpaired) electrons. The summed E-state index contributed by atoms with van der Waals surface area (Å²) >= 11 is 0. The molecule has 4 N–H and O–H groups in total. The van der Waals surface area contributed by atoms with Gasteiger partial charge in [0.05, 0.1) is 17.4 Å². The van der Waals surface area contributed by atoms with Gasteiger partial charge in [0.15, 0.2) is 11.5 Å². The molecule has 0 saturated carbocycles. The molecule has 11 heteroatoms. The minimum absolute atomic E-state index is 0. The van der Waals surface area contributed by atoms with Crippen LogP contribution >= 0.6 is 12.4 Å². The van der Waals surface area contributed by atoms with E-state index in [1.165, 1.54) is 12.4 Å². The minimum Gasteiger partial charge on any atom is -0.488 e. The SMILES string of the molecule is Cl.Nc1cc(F)c(-c2c(F)cccc2F)nc1C(=O)Nc1cnccc1OC1CCNCC1. The number of amides is 1. The second-order valence-electron chi connectivity index (χ2n) is 7.25. The summed E-state index contributed by atoms with van der Waals surface area (Å²) in [5, 5.41) is 5.83. The summed E-state index contributed by atoms with van der Waals surface area (Å²) in [6.07, 6.45) is 4.50. The number of benzene rings is 1. The summed E-state index contributed by atoms with van der Waals surface area (Å²) in [4.78, 5) is 20.7. The van der Waals surface area contributed by atoms with Crippen molar-refractivity contribution >= 4 is 29.7 Å². The van der Waals surface area contributed by atoms with Gasteiger partial charge in [0.1, 0.15) is 34.9 Å². The molecule has 1 aromatic carbocycles. The maximum atomic E-state index is 14.4. The number of aromatic nitrogens is 2. The molecule has 7 nitrogen and oxygen atoms in total. The number of piperidine rings is 1. The zero-order chi connectivity index (χ0) is 22.7. The highest BCUT2D eigenvalue weighted by molar-refractivity contribution is 6.07. The summed E-state index contributed by atoms with van der Waals surface area (Å²) < 4.78 is 48.8. The van der Waals surface area contributed by atoms with Crippen LogP contribution in [0.3, 0.4) is 0 Å². The molecular formula is C22H21ClF3N5O2. The summed E-state index contributed by atoms with van der Waals surface area (Å²) in [5.41, 5.74) is 4.03. The second kappa shape index (κ2) is 10.5. The van der Waals surface area contributed by atoms with E-state index in [0.29, 0.717) is 5.75 Å². The van der Waals surface area contributed by atoms with Crippen molar-refractivity contribution in [1.29, 1.82) is 0 Å². The third-order valence-corrected chi connectivity index (χ3v) is 5.03. The largest absolute Gasteiger partial charge is 0.488 e. The van der Waals surface area contributed by atoms with E-state index in [1.807, 2.05) is 0 Å². The summed E-state index contributed by atoms with van der Waals surface area (Å²) in [6.45, 7) is 1.64. The van der Waals surface area contributed by atoms with E-state index in [1.54, 1.807) is 6.07 Å². The van der Waals surface area contributed by atoms with E-state index in [4.69, 9.17) is 10.5 Å². The molecule has 0 bridgehead atoms. The lowest BCUT2D eigenvalue weighted by Gasteiger charge is -2.24. The monoisotopic (exact) mass is 479 g/mol. The molecular weight excluding hydrogens is 459 g/mol. The lowest BCUT2D eigenvalue weighted by Crippen LogP contribution is -2.34. The predicted octanol–water partition coefficient (Wildman–Crippen LogP) is 3.95. The van der Waals surface area contributed by atoms with Crippen molar-refractivity contribution in [3.63, 3.8) is 0 Å².